The molecule has 0 aliphatic heterocycles. The number of benzene rings is 1. The quantitative estimate of drug-likeness (QED) is 0.298. The summed E-state index contributed by atoms with van der Waals surface area (Å²) in [6.45, 7) is -0.267. The molecule has 1 saturated carbocycles. The minimum Gasteiger partial charge on any atom is -0.491 e. The SMILES string of the molecule is O=C(O)CCC/C=C\C[C@H]1C(/C=C/[C@H](O)COc2cccc(C(F)(F)F)c2)[C@@H](O)C[C@H]1O. The van der Waals surface area contributed by atoms with Crippen LogP contribution < -0.4 is 4.74 Å². The van der Waals surface area contributed by atoms with Gasteiger partial charge < -0.3 is 25.2 Å². The summed E-state index contributed by atoms with van der Waals surface area (Å²) >= 11 is 0. The number of carboxylic acids is 1. The molecule has 1 aliphatic carbocycles. The summed E-state index contributed by atoms with van der Waals surface area (Å²) in [5, 5.41) is 39.2. The van der Waals surface area contributed by atoms with Crippen LogP contribution in [0.5, 0.6) is 5.75 Å². The first-order chi connectivity index (χ1) is 15.1. The predicted molar refractivity (Wildman–Crippen MR) is 111 cm³/mol. The summed E-state index contributed by atoms with van der Waals surface area (Å²) < 4.78 is 43.5. The molecule has 2 rings (SSSR count). The summed E-state index contributed by atoms with van der Waals surface area (Å²) in [5.74, 6) is -1.55. The van der Waals surface area contributed by atoms with Crippen molar-refractivity contribution in [2.24, 2.45) is 11.8 Å². The lowest BCUT2D eigenvalue weighted by Gasteiger charge is -2.19. The molecule has 9 heteroatoms. The Bertz CT molecular complexity index is 792. The number of carboxylic acid groups (broad SMARTS) is 1. The van der Waals surface area contributed by atoms with E-state index in [0.29, 0.717) is 19.3 Å². The molecule has 178 valence electrons. The normalized spacial score (nSPS) is 24.9. The molecule has 0 radical (unpaired) electrons. The maximum Gasteiger partial charge on any atom is 0.416 e. The van der Waals surface area contributed by atoms with E-state index in [1.165, 1.54) is 18.2 Å². The van der Waals surface area contributed by atoms with Crippen LogP contribution in [-0.4, -0.2) is 51.3 Å². The van der Waals surface area contributed by atoms with Gasteiger partial charge in [-0.2, -0.15) is 13.2 Å². The Labute approximate surface area is 184 Å². The molecule has 0 bridgehead atoms. The smallest absolute Gasteiger partial charge is 0.416 e. The molecule has 0 heterocycles. The number of hydrogen-bond donors (Lipinski definition) is 4. The fourth-order valence-corrected chi connectivity index (χ4v) is 3.70. The lowest BCUT2D eigenvalue weighted by atomic mass is 9.89. The number of halogens is 3. The highest BCUT2D eigenvalue weighted by molar-refractivity contribution is 5.66. The summed E-state index contributed by atoms with van der Waals surface area (Å²) in [4.78, 5) is 10.5. The van der Waals surface area contributed by atoms with E-state index >= 15 is 0 Å². The number of unbranched alkanes of at least 4 members (excludes halogenated alkanes) is 1. The number of ether oxygens (including phenoxy) is 1. The molecule has 4 N–H and O–H groups in total. The van der Waals surface area contributed by atoms with Crippen LogP contribution in [0.3, 0.4) is 0 Å². The zero-order valence-electron chi connectivity index (χ0n) is 17.5. The number of aliphatic carboxylic acids is 1. The first-order valence-electron chi connectivity index (χ1n) is 10.5. The zero-order chi connectivity index (χ0) is 23.7. The molecular formula is C23H29F3O6. The van der Waals surface area contributed by atoms with Crippen molar-refractivity contribution in [3.8, 4) is 5.75 Å². The van der Waals surface area contributed by atoms with Crippen LogP contribution in [0.1, 0.15) is 37.7 Å². The Morgan fingerprint density at radius 3 is 2.66 bits per heavy atom. The van der Waals surface area contributed by atoms with Gasteiger partial charge in [0.05, 0.1) is 17.8 Å². The van der Waals surface area contributed by atoms with E-state index in [2.05, 4.69) is 0 Å². The van der Waals surface area contributed by atoms with Crippen LogP contribution in [0.15, 0.2) is 48.6 Å². The molecule has 1 fully saturated rings. The van der Waals surface area contributed by atoms with Gasteiger partial charge in [0, 0.05) is 18.8 Å². The summed E-state index contributed by atoms with van der Waals surface area (Å²) in [5.41, 5.74) is -0.845. The second-order valence-corrected chi connectivity index (χ2v) is 7.89. The number of carbonyl (C=O) groups is 1. The highest BCUT2D eigenvalue weighted by atomic mass is 19.4. The van der Waals surface area contributed by atoms with Crippen molar-refractivity contribution in [3.05, 3.63) is 54.1 Å². The Morgan fingerprint density at radius 1 is 1.22 bits per heavy atom. The Kier molecular flexibility index (Phi) is 9.74. The molecule has 32 heavy (non-hydrogen) atoms. The third-order valence-electron chi connectivity index (χ3n) is 5.39. The van der Waals surface area contributed by atoms with E-state index < -0.39 is 41.9 Å². The lowest BCUT2D eigenvalue weighted by molar-refractivity contribution is -0.138. The fourth-order valence-electron chi connectivity index (χ4n) is 3.70. The first-order valence-corrected chi connectivity index (χ1v) is 10.5. The minimum atomic E-state index is -4.49. The van der Waals surface area contributed by atoms with Crippen molar-refractivity contribution in [2.75, 3.05) is 6.61 Å². The van der Waals surface area contributed by atoms with Gasteiger partial charge in [-0.3, -0.25) is 4.79 Å². The monoisotopic (exact) mass is 458 g/mol. The van der Waals surface area contributed by atoms with Crippen LogP contribution in [0.25, 0.3) is 0 Å². The van der Waals surface area contributed by atoms with Crippen molar-refractivity contribution in [1.82, 2.24) is 0 Å². The molecule has 0 aromatic heterocycles. The third-order valence-corrected chi connectivity index (χ3v) is 5.39. The first kappa shape index (κ1) is 25.9. The van der Waals surface area contributed by atoms with Gasteiger partial charge in [0.15, 0.2) is 0 Å². The molecule has 0 spiro atoms. The molecular weight excluding hydrogens is 429 g/mol. The lowest BCUT2D eigenvalue weighted by Crippen LogP contribution is -2.21. The second-order valence-electron chi connectivity index (χ2n) is 7.89. The number of allylic oxidation sites excluding steroid dienone is 2. The van der Waals surface area contributed by atoms with E-state index in [9.17, 15) is 33.3 Å². The van der Waals surface area contributed by atoms with Crippen LogP contribution in [0, 0.1) is 11.8 Å². The summed E-state index contributed by atoms with van der Waals surface area (Å²) in [7, 11) is 0. The van der Waals surface area contributed by atoms with Crippen LogP contribution in [-0.2, 0) is 11.0 Å². The van der Waals surface area contributed by atoms with Gasteiger partial charge >= 0.3 is 12.1 Å². The van der Waals surface area contributed by atoms with Gasteiger partial charge in [-0.05, 0) is 43.4 Å². The Balaban J connectivity index is 1.87. The maximum atomic E-state index is 12.8. The average Bonchev–Trinajstić information content (AvgIpc) is 2.99. The molecule has 5 atom stereocenters. The summed E-state index contributed by atoms with van der Waals surface area (Å²) in [6, 6.07) is 4.36. The Morgan fingerprint density at radius 2 is 1.97 bits per heavy atom. The zero-order valence-corrected chi connectivity index (χ0v) is 17.5. The number of hydrogen-bond acceptors (Lipinski definition) is 5. The van der Waals surface area contributed by atoms with Crippen molar-refractivity contribution in [1.29, 1.82) is 0 Å². The van der Waals surface area contributed by atoms with Crippen molar-refractivity contribution in [2.45, 2.75) is 56.6 Å². The third kappa shape index (κ3) is 8.29. The van der Waals surface area contributed by atoms with Gasteiger partial charge in [-0.15, -0.1) is 0 Å². The highest BCUT2D eigenvalue weighted by Crippen LogP contribution is 2.36. The van der Waals surface area contributed by atoms with E-state index in [4.69, 9.17) is 9.84 Å². The van der Waals surface area contributed by atoms with Crippen LogP contribution in [0.2, 0.25) is 0 Å². The van der Waals surface area contributed by atoms with E-state index in [1.54, 1.807) is 6.08 Å². The van der Waals surface area contributed by atoms with Crippen LogP contribution >= 0.6 is 0 Å². The van der Waals surface area contributed by atoms with Gasteiger partial charge in [-0.1, -0.05) is 30.4 Å². The largest absolute Gasteiger partial charge is 0.491 e. The van der Waals surface area contributed by atoms with Gasteiger partial charge in [-0.25, -0.2) is 0 Å². The number of aliphatic hydroxyl groups is 3. The number of rotatable bonds is 11. The second kappa shape index (κ2) is 12.0. The molecule has 1 unspecified atom stereocenters. The number of alkyl halides is 3. The fraction of sp³-hybridized carbons (Fsp3) is 0.522. The topological polar surface area (TPSA) is 107 Å². The Hall–Kier alpha value is -2.36. The number of aliphatic hydroxyl groups excluding tert-OH is 3. The highest BCUT2D eigenvalue weighted by Gasteiger charge is 2.39. The van der Waals surface area contributed by atoms with E-state index in [0.717, 1.165) is 12.1 Å². The molecule has 6 nitrogen and oxygen atoms in total. The molecule has 1 aromatic carbocycles. The van der Waals surface area contributed by atoms with Gasteiger partial charge in [0.25, 0.3) is 0 Å². The minimum absolute atomic E-state index is 0.0190. The molecule has 1 aromatic rings. The van der Waals surface area contributed by atoms with E-state index in [1.807, 2.05) is 12.2 Å². The average molecular weight is 458 g/mol. The molecule has 1 aliphatic rings. The maximum absolute atomic E-state index is 12.8. The molecule has 0 saturated heterocycles. The van der Waals surface area contributed by atoms with Gasteiger partial charge in [0.1, 0.15) is 18.5 Å². The van der Waals surface area contributed by atoms with Gasteiger partial charge in [0.2, 0.25) is 0 Å². The van der Waals surface area contributed by atoms with Crippen molar-refractivity contribution in [3.63, 3.8) is 0 Å². The predicted octanol–water partition coefficient (Wildman–Crippen LogP) is 3.56. The molecule has 0 amide bonds. The van der Waals surface area contributed by atoms with E-state index in [-0.39, 0.29) is 31.1 Å². The summed E-state index contributed by atoms with van der Waals surface area (Å²) in [6.07, 6.45) is 1.48. The van der Waals surface area contributed by atoms with Crippen LogP contribution in [0.4, 0.5) is 13.2 Å². The van der Waals surface area contributed by atoms with Crippen molar-refractivity contribution < 1.29 is 43.1 Å². The van der Waals surface area contributed by atoms with Crippen molar-refractivity contribution >= 4 is 5.97 Å². The standard InChI is InChI=1S/C23H29F3O6/c24-23(25,26)15-6-5-7-17(12-15)32-14-16(27)10-11-19-18(20(28)13-21(19)29)8-3-1-2-4-9-22(30)31/h1,3,5-7,10-12,16,18-21,27-29H,2,4,8-9,13-14H2,(H,30,31)/b3-1-,11-10+/t16-,18-,19?,20+,21-/m0/s1.